The second-order valence-electron chi connectivity index (χ2n) is 7.41. The van der Waals surface area contributed by atoms with Crippen molar-refractivity contribution >= 4 is 27.1 Å². The normalized spacial score (nSPS) is 21.8. The fraction of sp³-hybridized carbons (Fsp3) is 0.444. The molecule has 2 N–H and O–H groups in total. The summed E-state index contributed by atoms with van der Waals surface area (Å²) >= 11 is 0. The Morgan fingerprint density at radius 1 is 1.32 bits per heavy atom. The molecule has 1 aliphatic heterocycles. The van der Waals surface area contributed by atoms with Crippen LogP contribution in [-0.2, 0) is 6.54 Å². The van der Waals surface area contributed by atoms with Gasteiger partial charge in [0.25, 0.3) is 5.92 Å². The first-order valence-corrected chi connectivity index (χ1v) is 10.4. The largest absolute Gasteiger partial charge is 0.368 e. The van der Waals surface area contributed by atoms with Crippen LogP contribution in [-0.4, -0.2) is 60.5 Å². The summed E-state index contributed by atoms with van der Waals surface area (Å²) in [6, 6.07) is 1.84. The van der Waals surface area contributed by atoms with Gasteiger partial charge < -0.3 is 10.6 Å². The third-order valence-corrected chi connectivity index (χ3v) is 6.81. The highest BCUT2D eigenvalue weighted by Crippen LogP contribution is 2.44. The Morgan fingerprint density at radius 3 is 2.89 bits per heavy atom. The fourth-order valence-corrected chi connectivity index (χ4v) is 4.10. The van der Waals surface area contributed by atoms with Crippen molar-refractivity contribution in [3.63, 3.8) is 0 Å². The Morgan fingerprint density at radius 2 is 2.14 bits per heavy atom. The molecule has 0 aromatic carbocycles. The van der Waals surface area contributed by atoms with Crippen LogP contribution >= 0.6 is 0 Å². The average Bonchev–Trinajstić information content (AvgIpc) is 3.18. The zero-order chi connectivity index (χ0) is 19.8. The standard InChI is InChI=1S/C18H23F2N7Si/c1-2-27-9-12(8-25-27)13-7-14-15(23-6-5-22-14)16(26-13)24-11-17(28)10-21-4-3-18(17,19)20/h5-9,21H,2-4,10-11H2,1,28H3,(H,24,26)/t17-/m0/s1. The first kappa shape index (κ1) is 18.9. The predicted molar refractivity (Wildman–Crippen MR) is 108 cm³/mol. The van der Waals surface area contributed by atoms with Crippen LogP contribution in [0.5, 0.6) is 0 Å². The van der Waals surface area contributed by atoms with Gasteiger partial charge in [0.15, 0.2) is 5.82 Å². The molecule has 3 aromatic rings. The van der Waals surface area contributed by atoms with Crippen LogP contribution < -0.4 is 10.6 Å². The van der Waals surface area contributed by atoms with E-state index in [2.05, 4.69) is 30.7 Å². The Bertz CT molecular complexity index is 993. The van der Waals surface area contributed by atoms with Gasteiger partial charge in [0.05, 0.1) is 17.4 Å². The number of anilines is 1. The molecule has 1 aliphatic rings. The summed E-state index contributed by atoms with van der Waals surface area (Å²) in [5, 5.41) is 9.47. The molecule has 0 amide bonds. The quantitative estimate of drug-likeness (QED) is 0.628. The monoisotopic (exact) mass is 403 g/mol. The number of rotatable bonds is 5. The Balaban J connectivity index is 1.69. The Labute approximate surface area is 164 Å². The van der Waals surface area contributed by atoms with E-state index in [1.54, 1.807) is 18.6 Å². The maximum atomic E-state index is 14.6. The molecule has 7 nitrogen and oxygen atoms in total. The zero-order valence-corrected chi connectivity index (χ0v) is 17.9. The van der Waals surface area contributed by atoms with Crippen molar-refractivity contribution in [3.05, 3.63) is 30.9 Å². The Hall–Kier alpha value is -2.46. The highest BCUT2D eigenvalue weighted by molar-refractivity contribution is 6.16. The van der Waals surface area contributed by atoms with E-state index in [-0.39, 0.29) is 13.0 Å². The van der Waals surface area contributed by atoms with Crippen LogP contribution in [0.1, 0.15) is 13.3 Å². The summed E-state index contributed by atoms with van der Waals surface area (Å²) in [7, 11) is 0.355. The lowest BCUT2D eigenvalue weighted by atomic mass is 9.93. The van der Waals surface area contributed by atoms with Gasteiger partial charge in [-0.1, -0.05) is 0 Å². The Kier molecular flexibility index (Phi) is 4.84. The van der Waals surface area contributed by atoms with Crippen LogP contribution in [0.4, 0.5) is 14.6 Å². The summed E-state index contributed by atoms with van der Waals surface area (Å²) in [5.74, 6) is -2.22. The third-order valence-electron chi connectivity index (χ3n) is 5.37. The van der Waals surface area contributed by atoms with Crippen molar-refractivity contribution in [1.29, 1.82) is 0 Å². The highest BCUT2D eigenvalue weighted by Gasteiger charge is 2.51. The van der Waals surface area contributed by atoms with E-state index < -0.39 is 11.0 Å². The summed E-state index contributed by atoms with van der Waals surface area (Å²) < 4.78 is 30.9. The number of nitrogens with zero attached hydrogens (tertiary/aromatic N) is 5. The lowest BCUT2D eigenvalue weighted by molar-refractivity contribution is -0.0631. The van der Waals surface area contributed by atoms with E-state index in [1.807, 2.05) is 23.9 Å². The van der Waals surface area contributed by atoms with Gasteiger partial charge in [-0.2, -0.15) is 5.10 Å². The number of fused-ring (bicyclic) bond motifs is 1. The first-order valence-electron chi connectivity index (χ1n) is 9.39. The van der Waals surface area contributed by atoms with E-state index in [1.165, 1.54) is 0 Å². The van der Waals surface area contributed by atoms with Crippen molar-refractivity contribution in [1.82, 2.24) is 30.0 Å². The van der Waals surface area contributed by atoms with E-state index in [9.17, 15) is 8.78 Å². The predicted octanol–water partition coefficient (Wildman–Crippen LogP) is 1.47. The van der Waals surface area contributed by atoms with Gasteiger partial charge in [0, 0.05) is 72.0 Å². The smallest absolute Gasteiger partial charge is 0.254 e. The minimum atomic E-state index is -2.70. The van der Waals surface area contributed by atoms with E-state index >= 15 is 0 Å². The molecule has 1 fully saturated rings. The summed E-state index contributed by atoms with van der Waals surface area (Å²) in [6.07, 6.45) is 6.70. The second kappa shape index (κ2) is 7.17. The van der Waals surface area contributed by atoms with Crippen molar-refractivity contribution in [2.24, 2.45) is 0 Å². The topological polar surface area (TPSA) is 80.5 Å². The molecule has 4 rings (SSSR count). The molecule has 0 bridgehead atoms. The van der Waals surface area contributed by atoms with Crippen molar-refractivity contribution in [2.45, 2.75) is 30.9 Å². The van der Waals surface area contributed by atoms with Crippen LogP contribution in [0.25, 0.3) is 22.3 Å². The number of hydrogen-bond acceptors (Lipinski definition) is 6. The number of nitrogens with one attached hydrogen (secondary N) is 2. The first-order chi connectivity index (χ1) is 13.4. The van der Waals surface area contributed by atoms with Gasteiger partial charge in [-0.25, -0.2) is 18.7 Å². The summed E-state index contributed by atoms with van der Waals surface area (Å²) in [5.41, 5.74) is 2.77. The molecular formula is C18H23F2N7Si. The van der Waals surface area contributed by atoms with E-state index in [0.717, 1.165) is 12.1 Å². The molecule has 0 spiro atoms. The molecule has 0 aliphatic carbocycles. The van der Waals surface area contributed by atoms with Gasteiger partial charge in [0.2, 0.25) is 0 Å². The third kappa shape index (κ3) is 3.37. The van der Waals surface area contributed by atoms with Crippen molar-refractivity contribution in [2.75, 3.05) is 25.0 Å². The second-order valence-corrected chi connectivity index (χ2v) is 9.32. The highest BCUT2D eigenvalue weighted by atomic mass is 28.1. The van der Waals surface area contributed by atoms with Crippen LogP contribution in [0.15, 0.2) is 30.9 Å². The molecule has 0 saturated carbocycles. The molecule has 28 heavy (non-hydrogen) atoms. The minimum absolute atomic E-state index is 0.134. The van der Waals surface area contributed by atoms with Crippen molar-refractivity contribution < 1.29 is 8.78 Å². The molecule has 10 heteroatoms. The van der Waals surface area contributed by atoms with Gasteiger partial charge in [-0.05, 0) is 13.0 Å². The number of hydrogen-bond donors (Lipinski definition) is 2. The number of aromatic nitrogens is 5. The number of pyridine rings is 1. The molecule has 3 aromatic heterocycles. The number of halogens is 2. The SMILES string of the molecule is CCn1cc(-c2cc3nccnc3c(NC[C@@]3([SiH3])CNCCC3(F)F)n2)cn1. The lowest BCUT2D eigenvalue weighted by Gasteiger charge is -2.41. The number of aryl methyl sites for hydroxylation is 1. The van der Waals surface area contributed by atoms with Gasteiger partial charge in [-0.3, -0.25) is 9.67 Å². The zero-order valence-electron chi connectivity index (χ0n) is 15.9. The molecule has 0 radical (unpaired) electrons. The molecule has 148 valence electrons. The van der Waals surface area contributed by atoms with Gasteiger partial charge in [0.1, 0.15) is 5.52 Å². The molecular weight excluding hydrogens is 380 g/mol. The van der Waals surface area contributed by atoms with Crippen LogP contribution in [0.3, 0.4) is 0 Å². The number of piperidine rings is 1. The maximum Gasteiger partial charge on any atom is 0.254 e. The summed E-state index contributed by atoms with van der Waals surface area (Å²) in [4.78, 5) is 13.4. The number of alkyl halides is 2. The van der Waals surface area contributed by atoms with Gasteiger partial charge >= 0.3 is 0 Å². The minimum Gasteiger partial charge on any atom is -0.368 e. The van der Waals surface area contributed by atoms with Crippen LogP contribution in [0, 0.1) is 0 Å². The lowest BCUT2D eigenvalue weighted by Crippen LogP contribution is -2.52. The van der Waals surface area contributed by atoms with Crippen LogP contribution in [0.2, 0.25) is 5.04 Å². The van der Waals surface area contributed by atoms with Crippen molar-refractivity contribution in [3.8, 4) is 11.3 Å². The average molecular weight is 404 g/mol. The van der Waals surface area contributed by atoms with E-state index in [0.29, 0.717) is 45.9 Å². The molecule has 4 heterocycles. The van der Waals surface area contributed by atoms with E-state index in [4.69, 9.17) is 0 Å². The maximum absolute atomic E-state index is 14.6. The summed E-state index contributed by atoms with van der Waals surface area (Å²) in [6.45, 7) is 3.54. The fourth-order valence-electron chi connectivity index (χ4n) is 3.42. The van der Waals surface area contributed by atoms with Gasteiger partial charge in [-0.15, -0.1) is 0 Å². The molecule has 1 saturated heterocycles. The molecule has 0 unspecified atom stereocenters. The molecule has 1 atom stereocenters.